The zero-order chi connectivity index (χ0) is 18.1. The summed E-state index contributed by atoms with van der Waals surface area (Å²) in [7, 11) is -10.9. The Balaban J connectivity index is 3.65. The Morgan fingerprint density at radius 2 is 1.48 bits per heavy atom. The first-order valence-electron chi connectivity index (χ1n) is 5.96. The molecule has 2 unspecified atom stereocenters. The minimum absolute atomic E-state index is 0.458. The SMILES string of the molecule is O=C(O)C(CC(C(=O)O)(c1ccccc1)P(=O)(O)O)P(=O)(O)O. The lowest BCUT2D eigenvalue weighted by molar-refractivity contribution is -0.142. The van der Waals surface area contributed by atoms with Crippen LogP contribution in [0.25, 0.3) is 0 Å². The molecular formula is C11H14O10P2. The molecule has 1 aromatic carbocycles. The van der Waals surface area contributed by atoms with Crippen molar-refractivity contribution in [1.29, 1.82) is 0 Å². The van der Waals surface area contributed by atoms with E-state index in [0.29, 0.717) is 0 Å². The Labute approximate surface area is 129 Å². The monoisotopic (exact) mass is 368 g/mol. The highest BCUT2D eigenvalue weighted by molar-refractivity contribution is 7.55. The van der Waals surface area contributed by atoms with Crippen LogP contribution in [0.1, 0.15) is 12.0 Å². The van der Waals surface area contributed by atoms with E-state index in [9.17, 15) is 33.6 Å². The fourth-order valence-corrected chi connectivity index (χ4v) is 4.18. The molecule has 0 aromatic heterocycles. The van der Waals surface area contributed by atoms with Crippen molar-refractivity contribution in [2.24, 2.45) is 0 Å². The van der Waals surface area contributed by atoms with Gasteiger partial charge in [0.2, 0.25) is 0 Å². The van der Waals surface area contributed by atoms with E-state index in [-0.39, 0.29) is 0 Å². The van der Waals surface area contributed by atoms with Gasteiger partial charge < -0.3 is 29.8 Å². The fourth-order valence-electron chi connectivity index (χ4n) is 2.08. The van der Waals surface area contributed by atoms with Gasteiger partial charge in [-0.1, -0.05) is 30.3 Å². The Hall–Kier alpha value is -1.54. The number of aliphatic carboxylic acids is 2. The smallest absolute Gasteiger partial charge is 0.347 e. The molecule has 2 atom stereocenters. The van der Waals surface area contributed by atoms with Crippen LogP contribution in [0.15, 0.2) is 30.3 Å². The van der Waals surface area contributed by atoms with E-state index in [1.165, 1.54) is 18.2 Å². The van der Waals surface area contributed by atoms with Gasteiger partial charge in [-0.05, 0) is 5.56 Å². The molecule has 12 heteroatoms. The Kier molecular flexibility index (Phi) is 5.53. The van der Waals surface area contributed by atoms with Crippen molar-refractivity contribution in [2.45, 2.75) is 17.2 Å². The number of rotatable bonds is 7. The van der Waals surface area contributed by atoms with Crippen LogP contribution in [0.4, 0.5) is 0 Å². The minimum atomic E-state index is -5.55. The predicted molar refractivity (Wildman–Crippen MR) is 75.9 cm³/mol. The van der Waals surface area contributed by atoms with E-state index in [1.54, 1.807) is 0 Å². The highest BCUT2D eigenvalue weighted by Gasteiger charge is 2.59. The third kappa shape index (κ3) is 3.87. The summed E-state index contributed by atoms with van der Waals surface area (Å²) in [5.41, 5.74) is -3.05. The first-order valence-corrected chi connectivity index (χ1v) is 9.26. The van der Waals surface area contributed by atoms with E-state index in [0.717, 1.165) is 12.1 Å². The molecule has 0 aliphatic rings. The second-order valence-corrected chi connectivity index (χ2v) is 8.38. The first-order chi connectivity index (χ1) is 10.3. The zero-order valence-corrected chi connectivity index (χ0v) is 13.2. The molecule has 1 aromatic rings. The highest BCUT2D eigenvalue weighted by atomic mass is 31.2. The second kappa shape index (κ2) is 6.52. The number of hydrogen-bond donors (Lipinski definition) is 6. The maximum Gasteiger partial charge on any atom is 0.347 e. The van der Waals surface area contributed by atoms with Crippen molar-refractivity contribution in [2.75, 3.05) is 0 Å². The fraction of sp³-hybridized carbons (Fsp3) is 0.273. The normalized spacial score (nSPS) is 16.3. The van der Waals surface area contributed by atoms with Gasteiger partial charge in [-0.2, -0.15) is 0 Å². The molecule has 0 saturated heterocycles. The van der Waals surface area contributed by atoms with Crippen molar-refractivity contribution in [3.8, 4) is 0 Å². The highest BCUT2D eigenvalue weighted by Crippen LogP contribution is 2.62. The third-order valence-corrected chi connectivity index (χ3v) is 6.12. The average Bonchev–Trinajstić information content (AvgIpc) is 2.36. The van der Waals surface area contributed by atoms with E-state index in [1.807, 2.05) is 0 Å². The van der Waals surface area contributed by atoms with Gasteiger partial charge in [0, 0.05) is 6.42 Å². The largest absolute Gasteiger partial charge is 0.481 e. The van der Waals surface area contributed by atoms with Crippen molar-refractivity contribution in [3.63, 3.8) is 0 Å². The van der Waals surface area contributed by atoms with Crippen LogP contribution in [-0.4, -0.2) is 47.4 Å². The Morgan fingerprint density at radius 1 is 1.00 bits per heavy atom. The second-order valence-electron chi connectivity index (χ2n) is 4.72. The van der Waals surface area contributed by atoms with Gasteiger partial charge in [0.1, 0.15) is 0 Å². The Morgan fingerprint density at radius 3 is 1.78 bits per heavy atom. The number of carboxylic acids is 2. The number of carboxylic acid groups (broad SMARTS) is 2. The van der Waals surface area contributed by atoms with Crippen LogP contribution in [-0.2, 0) is 23.9 Å². The lowest BCUT2D eigenvalue weighted by Crippen LogP contribution is -2.41. The lowest BCUT2D eigenvalue weighted by atomic mass is 9.93. The molecule has 1 rings (SSSR count). The molecule has 0 amide bonds. The van der Waals surface area contributed by atoms with Gasteiger partial charge >= 0.3 is 27.1 Å². The number of hydrogen-bond acceptors (Lipinski definition) is 4. The summed E-state index contributed by atoms with van der Waals surface area (Å²) in [6.45, 7) is 0. The van der Waals surface area contributed by atoms with Crippen LogP contribution in [0.2, 0.25) is 0 Å². The van der Waals surface area contributed by atoms with Crippen molar-refractivity contribution >= 4 is 27.1 Å². The summed E-state index contributed by atoms with van der Waals surface area (Å²) in [6.07, 6.45) is -1.48. The summed E-state index contributed by atoms with van der Waals surface area (Å²) in [5, 5.41) is 15.2. The summed E-state index contributed by atoms with van der Waals surface area (Å²) in [6, 6.07) is 6.01. The quantitative estimate of drug-likeness (QED) is 0.362. The molecule has 10 nitrogen and oxygen atoms in total. The van der Waals surface area contributed by atoms with Crippen LogP contribution in [0, 0.1) is 0 Å². The summed E-state index contributed by atoms with van der Waals surface area (Å²) in [5.74, 6) is -4.15. The molecule has 0 heterocycles. The van der Waals surface area contributed by atoms with Gasteiger partial charge in [0.25, 0.3) is 0 Å². The van der Waals surface area contributed by atoms with E-state index in [2.05, 4.69) is 0 Å². The van der Waals surface area contributed by atoms with Crippen molar-refractivity contribution < 1.29 is 48.5 Å². The summed E-state index contributed by atoms with van der Waals surface area (Å²) in [4.78, 5) is 59.9. The molecule has 0 radical (unpaired) electrons. The maximum absolute atomic E-state index is 11.8. The molecule has 0 spiro atoms. The molecule has 23 heavy (non-hydrogen) atoms. The van der Waals surface area contributed by atoms with E-state index >= 15 is 0 Å². The standard InChI is InChI=1S/C11H14O10P2/c12-9(13)8(22(16,17)18)6-11(10(14)15,23(19,20)21)7-4-2-1-3-5-7/h1-5,8H,6H2,(H,12,13)(H,14,15)(H2,16,17,18)(H2,19,20,21). The summed E-state index contributed by atoms with van der Waals surface area (Å²) < 4.78 is 23.1. The predicted octanol–water partition coefficient (Wildman–Crippen LogP) is 0.165. The van der Waals surface area contributed by atoms with Gasteiger partial charge in [0.15, 0.2) is 10.8 Å². The molecule has 0 aliphatic heterocycles. The average molecular weight is 368 g/mol. The summed E-state index contributed by atoms with van der Waals surface area (Å²) >= 11 is 0. The minimum Gasteiger partial charge on any atom is -0.481 e. The molecule has 0 fully saturated rings. The molecule has 128 valence electrons. The van der Waals surface area contributed by atoms with Crippen LogP contribution in [0.5, 0.6) is 0 Å². The first kappa shape index (κ1) is 19.5. The van der Waals surface area contributed by atoms with Gasteiger partial charge in [-0.25, -0.2) is 0 Å². The number of benzene rings is 1. The van der Waals surface area contributed by atoms with Gasteiger partial charge in [-0.15, -0.1) is 0 Å². The van der Waals surface area contributed by atoms with Crippen LogP contribution in [0.3, 0.4) is 0 Å². The van der Waals surface area contributed by atoms with Gasteiger partial charge in [-0.3, -0.25) is 18.7 Å². The van der Waals surface area contributed by atoms with Crippen LogP contribution < -0.4 is 0 Å². The molecule has 0 bridgehead atoms. The van der Waals surface area contributed by atoms with E-state index in [4.69, 9.17) is 14.9 Å². The molecule has 0 aliphatic carbocycles. The van der Waals surface area contributed by atoms with Crippen molar-refractivity contribution in [1.82, 2.24) is 0 Å². The molecular weight excluding hydrogens is 354 g/mol. The molecule has 6 N–H and O–H groups in total. The number of carbonyl (C=O) groups is 2. The van der Waals surface area contributed by atoms with Crippen LogP contribution >= 0.6 is 15.2 Å². The topological polar surface area (TPSA) is 190 Å². The zero-order valence-electron chi connectivity index (χ0n) is 11.4. The van der Waals surface area contributed by atoms with E-state index < -0.39 is 49.9 Å². The third-order valence-electron chi connectivity index (χ3n) is 3.28. The lowest BCUT2D eigenvalue weighted by Gasteiger charge is -2.32. The van der Waals surface area contributed by atoms with Gasteiger partial charge in [0.05, 0.1) is 0 Å². The van der Waals surface area contributed by atoms with Crippen molar-refractivity contribution in [3.05, 3.63) is 35.9 Å². The molecule has 0 saturated carbocycles. The maximum atomic E-state index is 11.8. The Bertz CT molecular complexity index is 690.